The molecular formula is C12H16N2O3. The highest BCUT2D eigenvalue weighted by molar-refractivity contribution is 5.94. The van der Waals surface area contributed by atoms with Gasteiger partial charge >= 0.3 is 0 Å². The van der Waals surface area contributed by atoms with Crippen LogP contribution >= 0.6 is 0 Å². The number of carbonyl (C=O) groups excluding carboxylic acids is 1. The van der Waals surface area contributed by atoms with E-state index in [0.29, 0.717) is 18.7 Å². The lowest BCUT2D eigenvalue weighted by Gasteiger charge is -2.21. The molecule has 0 radical (unpaired) electrons. The standard InChI is InChI=1S/C12H16N2O3/c1-2-17-10-8-14(7-9-15)12(16)11-3-5-13-6-4-11/h2-6,15H,1,7-10H2. The van der Waals surface area contributed by atoms with Crippen molar-refractivity contribution in [1.29, 1.82) is 0 Å². The zero-order valence-electron chi connectivity index (χ0n) is 9.58. The average molecular weight is 236 g/mol. The van der Waals surface area contributed by atoms with Crippen LogP contribution in [0.1, 0.15) is 10.4 Å². The normalized spacial score (nSPS) is 9.71. The molecule has 1 rings (SSSR count). The lowest BCUT2D eigenvalue weighted by atomic mass is 10.2. The van der Waals surface area contributed by atoms with Crippen molar-refractivity contribution in [2.45, 2.75) is 0 Å². The molecule has 0 bridgehead atoms. The van der Waals surface area contributed by atoms with Crippen LogP contribution in [-0.2, 0) is 4.74 Å². The van der Waals surface area contributed by atoms with E-state index in [1.165, 1.54) is 11.2 Å². The van der Waals surface area contributed by atoms with Gasteiger partial charge in [-0.2, -0.15) is 0 Å². The zero-order valence-corrected chi connectivity index (χ0v) is 9.58. The number of nitrogens with zero attached hydrogens (tertiary/aromatic N) is 2. The molecule has 0 unspecified atom stereocenters. The summed E-state index contributed by atoms with van der Waals surface area (Å²) in [4.78, 5) is 17.4. The van der Waals surface area contributed by atoms with E-state index in [2.05, 4.69) is 11.6 Å². The maximum atomic E-state index is 12.0. The molecule has 0 spiro atoms. The van der Waals surface area contributed by atoms with Gasteiger partial charge in [0.25, 0.3) is 5.91 Å². The van der Waals surface area contributed by atoms with E-state index in [9.17, 15) is 4.79 Å². The SMILES string of the molecule is C=COCCN(CCO)C(=O)c1ccncc1. The molecule has 0 aliphatic heterocycles. The fraction of sp³-hybridized carbons (Fsp3) is 0.333. The first-order valence-electron chi connectivity index (χ1n) is 5.32. The Hall–Kier alpha value is -1.88. The molecule has 92 valence electrons. The topological polar surface area (TPSA) is 62.7 Å². The predicted molar refractivity (Wildman–Crippen MR) is 63.4 cm³/mol. The van der Waals surface area contributed by atoms with Crippen molar-refractivity contribution in [2.24, 2.45) is 0 Å². The second kappa shape index (κ2) is 7.40. The smallest absolute Gasteiger partial charge is 0.254 e. The lowest BCUT2D eigenvalue weighted by Crippen LogP contribution is -2.36. The van der Waals surface area contributed by atoms with E-state index in [-0.39, 0.29) is 19.1 Å². The second-order valence-corrected chi connectivity index (χ2v) is 3.29. The van der Waals surface area contributed by atoms with Crippen LogP contribution in [0, 0.1) is 0 Å². The van der Waals surface area contributed by atoms with Crippen molar-refractivity contribution in [3.05, 3.63) is 42.9 Å². The molecule has 1 heterocycles. The number of aliphatic hydroxyl groups excluding tert-OH is 1. The summed E-state index contributed by atoms with van der Waals surface area (Å²) in [6.45, 7) is 4.40. The molecule has 1 aromatic heterocycles. The van der Waals surface area contributed by atoms with E-state index >= 15 is 0 Å². The summed E-state index contributed by atoms with van der Waals surface area (Å²) in [5.41, 5.74) is 0.548. The zero-order chi connectivity index (χ0) is 12.5. The first-order chi connectivity index (χ1) is 8.29. The van der Waals surface area contributed by atoms with Crippen molar-refractivity contribution in [2.75, 3.05) is 26.3 Å². The molecule has 0 saturated carbocycles. The Morgan fingerprint density at radius 1 is 1.47 bits per heavy atom. The van der Waals surface area contributed by atoms with Gasteiger partial charge in [0.2, 0.25) is 0 Å². The number of pyridine rings is 1. The number of carbonyl (C=O) groups is 1. The second-order valence-electron chi connectivity index (χ2n) is 3.29. The van der Waals surface area contributed by atoms with E-state index in [4.69, 9.17) is 9.84 Å². The summed E-state index contributed by atoms with van der Waals surface area (Å²) in [6.07, 6.45) is 4.45. The molecule has 1 amide bonds. The molecule has 1 aromatic rings. The summed E-state index contributed by atoms with van der Waals surface area (Å²) in [5, 5.41) is 8.92. The van der Waals surface area contributed by atoms with Gasteiger partial charge in [0.05, 0.1) is 19.4 Å². The van der Waals surface area contributed by atoms with Crippen LogP contribution in [0.5, 0.6) is 0 Å². The van der Waals surface area contributed by atoms with Crippen LogP contribution in [0.3, 0.4) is 0 Å². The highest BCUT2D eigenvalue weighted by atomic mass is 16.5. The number of ether oxygens (including phenoxy) is 1. The van der Waals surface area contributed by atoms with Gasteiger partial charge in [-0.1, -0.05) is 6.58 Å². The van der Waals surface area contributed by atoms with Gasteiger partial charge in [0, 0.05) is 24.5 Å². The minimum atomic E-state index is -0.144. The van der Waals surface area contributed by atoms with Gasteiger partial charge in [-0.05, 0) is 12.1 Å². The molecule has 0 aliphatic carbocycles. The van der Waals surface area contributed by atoms with Gasteiger partial charge < -0.3 is 14.7 Å². The van der Waals surface area contributed by atoms with Gasteiger partial charge in [-0.3, -0.25) is 9.78 Å². The Morgan fingerprint density at radius 3 is 2.76 bits per heavy atom. The highest BCUT2D eigenvalue weighted by Crippen LogP contribution is 2.03. The molecule has 0 aromatic carbocycles. The third kappa shape index (κ3) is 4.24. The van der Waals surface area contributed by atoms with Crippen LogP contribution in [0.25, 0.3) is 0 Å². The van der Waals surface area contributed by atoms with Crippen molar-refractivity contribution in [3.8, 4) is 0 Å². The minimum absolute atomic E-state index is 0.0785. The average Bonchev–Trinajstić information content (AvgIpc) is 2.38. The highest BCUT2D eigenvalue weighted by Gasteiger charge is 2.14. The quantitative estimate of drug-likeness (QED) is 0.558. The van der Waals surface area contributed by atoms with Crippen molar-refractivity contribution in [3.63, 3.8) is 0 Å². The molecular weight excluding hydrogens is 220 g/mol. The number of hydrogen-bond donors (Lipinski definition) is 1. The Morgan fingerprint density at radius 2 is 2.18 bits per heavy atom. The fourth-order valence-electron chi connectivity index (χ4n) is 1.36. The minimum Gasteiger partial charge on any atom is -0.500 e. The molecule has 0 atom stereocenters. The molecule has 0 fully saturated rings. The van der Waals surface area contributed by atoms with Crippen molar-refractivity contribution in [1.82, 2.24) is 9.88 Å². The van der Waals surface area contributed by atoms with E-state index in [1.54, 1.807) is 24.5 Å². The predicted octanol–water partition coefficient (Wildman–Crippen LogP) is 0.676. The molecule has 0 aliphatic rings. The first-order valence-corrected chi connectivity index (χ1v) is 5.32. The van der Waals surface area contributed by atoms with Gasteiger partial charge in [-0.15, -0.1) is 0 Å². The van der Waals surface area contributed by atoms with Crippen LogP contribution in [0.15, 0.2) is 37.4 Å². The largest absolute Gasteiger partial charge is 0.500 e. The van der Waals surface area contributed by atoms with Crippen molar-refractivity contribution >= 4 is 5.91 Å². The Bertz CT molecular complexity index is 354. The molecule has 5 nitrogen and oxygen atoms in total. The van der Waals surface area contributed by atoms with Gasteiger partial charge in [0.1, 0.15) is 6.61 Å². The summed E-state index contributed by atoms with van der Waals surface area (Å²) >= 11 is 0. The summed E-state index contributed by atoms with van der Waals surface area (Å²) in [7, 11) is 0. The van der Waals surface area contributed by atoms with Crippen molar-refractivity contribution < 1.29 is 14.6 Å². The molecule has 17 heavy (non-hydrogen) atoms. The molecule has 0 saturated heterocycles. The Kier molecular flexibility index (Phi) is 5.74. The number of hydrogen-bond acceptors (Lipinski definition) is 4. The van der Waals surface area contributed by atoms with E-state index < -0.39 is 0 Å². The Labute approximate surface area is 100 Å². The van der Waals surface area contributed by atoms with Crippen LogP contribution in [-0.4, -0.2) is 47.2 Å². The third-order valence-electron chi connectivity index (χ3n) is 2.18. The number of aromatic nitrogens is 1. The third-order valence-corrected chi connectivity index (χ3v) is 2.18. The van der Waals surface area contributed by atoms with Crippen LogP contribution in [0.2, 0.25) is 0 Å². The number of aliphatic hydroxyl groups is 1. The van der Waals surface area contributed by atoms with Gasteiger partial charge in [0.15, 0.2) is 0 Å². The Balaban J connectivity index is 2.63. The summed E-state index contributed by atoms with van der Waals surface area (Å²) in [5.74, 6) is -0.144. The number of amides is 1. The van der Waals surface area contributed by atoms with Crippen LogP contribution < -0.4 is 0 Å². The van der Waals surface area contributed by atoms with Crippen LogP contribution in [0.4, 0.5) is 0 Å². The summed E-state index contributed by atoms with van der Waals surface area (Å²) < 4.78 is 4.97. The molecule has 1 N–H and O–H groups in total. The van der Waals surface area contributed by atoms with Gasteiger partial charge in [-0.25, -0.2) is 0 Å². The lowest BCUT2D eigenvalue weighted by molar-refractivity contribution is 0.0677. The number of rotatable bonds is 7. The fourth-order valence-corrected chi connectivity index (χ4v) is 1.36. The maximum Gasteiger partial charge on any atom is 0.254 e. The first kappa shape index (κ1) is 13.2. The summed E-state index contributed by atoms with van der Waals surface area (Å²) in [6, 6.07) is 3.28. The van der Waals surface area contributed by atoms with E-state index in [0.717, 1.165) is 0 Å². The monoisotopic (exact) mass is 236 g/mol. The molecule has 5 heteroatoms. The maximum absolute atomic E-state index is 12.0. The van der Waals surface area contributed by atoms with E-state index in [1.807, 2.05) is 0 Å².